The first-order chi connectivity index (χ1) is 4.83. The maximum absolute atomic E-state index is 10.2. The van der Waals surface area contributed by atoms with Crippen LogP contribution in [0, 0.1) is 0 Å². The Kier molecular flexibility index (Phi) is 3.48. The smallest absolute Gasteiger partial charge is 0.306 e. The van der Waals surface area contributed by atoms with Crippen LogP contribution < -0.4 is 0 Å². The van der Waals surface area contributed by atoms with Crippen LogP contribution in [-0.4, -0.2) is 33.0 Å². The lowest BCUT2D eigenvalue weighted by Gasteiger charge is -2.22. The summed E-state index contributed by atoms with van der Waals surface area (Å²) in [7, 11) is 0. The van der Waals surface area contributed by atoms with Gasteiger partial charge in [-0.05, 0) is 13.8 Å². The summed E-state index contributed by atoms with van der Waals surface area (Å²) in [5.41, 5.74) is -1.31. The molecule has 0 rings (SSSR count). The quantitative estimate of drug-likeness (QED) is 0.543. The molecule has 0 aliphatic rings. The molecule has 0 heterocycles. The number of carboxylic acids is 1. The summed E-state index contributed by atoms with van der Waals surface area (Å²) in [6, 6.07) is 0. The molecule has 4 heteroatoms. The first-order valence-electron chi connectivity index (χ1n) is 3.46. The lowest BCUT2D eigenvalue weighted by Crippen LogP contribution is -2.31. The molecule has 0 saturated heterocycles. The average Bonchev–Trinajstić information content (AvgIpc) is 1.53. The zero-order valence-electron chi connectivity index (χ0n) is 6.74. The van der Waals surface area contributed by atoms with Crippen LogP contribution >= 0.6 is 0 Å². The van der Waals surface area contributed by atoms with Crippen LogP contribution in [0.3, 0.4) is 0 Å². The van der Waals surface area contributed by atoms with Gasteiger partial charge >= 0.3 is 5.97 Å². The number of rotatable bonds is 4. The molecule has 0 aromatic carbocycles. The number of aliphatic hydroxyl groups excluding tert-OH is 1. The fraction of sp³-hybridized carbons (Fsp3) is 0.857. The second-order valence-electron chi connectivity index (χ2n) is 3.12. The van der Waals surface area contributed by atoms with Crippen molar-refractivity contribution in [1.29, 1.82) is 0 Å². The highest BCUT2D eigenvalue weighted by Gasteiger charge is 2.25. The van der Waals surface area contributed by atoms with Crippen LogP contribution in [0.25, 0.3) is 0 Å². The Morgan fingerprint density at radius 3 is 2.36 bits per heavy atom. The van der Waals surface area contributed by atoms with Crippen molar-refractivity contribution in [3.05, 3.63) is 0 Å². The number of carboxylic acid groups (broad SMARTS) is 1. The maximum Gasteiger partial charge on any atom is 0.306 e. The van der Waals surface area contributed by atoms with Gasteiger partial charge in [-0.3, -0.25) is 4.79 Å². The Hall–Kier alpha value is -0.610. The molecule has 66 valence electrons. The third kappa shape index (κ3) is 5.82. The summed E-state index contributed by atoms with van der Waals surface area (Å²) in [5.74, 6) is -1.06. The molecule has 0 bridgehead atoms. The van der Waals surface area contributed by atoms with Crippen molar-refractivity contribution in [2.24, 2.45) is 0 Å². The normalized spacial score (nSPS) is 18.9. The van der Waals surface area contributed by atoms with E-state index in [2.05, 4.69) is 0 Å². The molecule has 0 saturated carbocycles. The Balaban J connectivity index is 3.89. The van der Waals surface area contributed by atoms with Gasteiger partial charge in [0.1, 0.15) is 0 Å². The fourth-order valence-electron chi connectivity index (χ4n) is 1.03. The number of hydrogen-bond acceptors (Lipinski definition) is 3. The Morgan fingerprint density at radius 2 is 2.09 bits per heavy atom. The summed E-state index contributed by atoms with van der Waals surface area (Å²) < 4.78 is 0. The monoisotopic (exact) mass is 162 g/mol. The van der Waals surface area contributed by atoms with Crippen LogP contribution in [0.5, 0.6) is 0 Å². The van der Waals surface area contributed by atoms with E-state index < -0.39 is 17.7 Å². The first-order valence-corrected chi connectivity index (χ1v) is 3.46. The van der Waals surface area contributed by atoms with E-state index in [1.807, 2.05) is 0 Å². The van der Waals surface area contributed by atoms with Crippen LogP contribution in [0.15, 0.2) is 0 Å². The van der Waals surface area contributed by atoms with Crippen molar-refractivity contribution in [3.8, 4) is 0 Å². The first kappa shape index (κ1) is 10.4. The van der Waals surface area contributed by atoms with E-state index in [0.29, 0.717) is 0 Å². The number of aliphatic hydroxyl groups is 2. The van der Waals surface area contributed by atoms with Crippen LogP contribution in [-0.2, 0) is 4.79 Å². The molecule has 0 fully saturated rings. The minimum absolute atomic E-state index is 0.0826. The molecule has 0 aliphatic carbocycles. The summed E-state index contributed by atoms with van der Waals surface area (Å²) in [6.45, 7) is 2.91. The summed E-state index contributed by atoms with van der Waals surface area (Å²) in [6.07, 6.45) is -0.929. The fourth-order valence-corrected chi connectivity index (χ4v) is 1.03. The minimum atomic E-state index is -1.31. The van der Waals surface area contributed by atoms with E-state index in [1.54, 1.807) is 0 Å². The molecule has 2 atom stereocenters. The van der Waals surface area contributed by atoms with Gasteiger partial charge in [-0.15, -0.1) is 0 Å². The van der Waals surface area contributed by atoms with Crippen molar-refractivity contribution in [3.63, 3.8) is 0 Å². The van der Waals surface area contributed by atoms with E-state index in [1.165, 1.54) is 13.8 Å². The SMILES string of the molecule is CC(O)CC(C)(O)CC(=O)O. The van der Waals surface area contributed by atoms with Crippen LogP contribution in [0.4, 0.5) is 0 Å². The molecule has 0 amide bonds. The average molecular weight is 162 g/mol. The highest BCUT2D eigenvalue weighted by Crippen LogP contribution is 2.16. The molecule has 0 aromatic rings. The van der Waals surface area contributed by atoms with Gasteiger partial charge in [-0.1, -0.05) is 0 Å². The molecule has 0 radical (unpaired) electrons. The predicted octanol–water partition coefficient (Wildman–Crippen LogP) is -0.0170. The number of hydrogen-bond donors (Lipinski definition) is 3. The van der Waals surface area contributed by atoms with E-state index in [9.17, 15) is 9.90 Å². The van der Waals surface area contributed by atoms with Gasteiger partial charge in [-0.25, -0.2) is 0 Å². The zero-order valence-corrected chi connectivity index (χ0v) is 6.74. The highest BCUT2D eigenvalue weighted by molar-refractivity contribution is 5.67. The lowest BCUT2D eigenvalue weighted by atomic mass is 9.95. The zero-order chi connectivity index (χ0) is 9.07. The molecule has 3 N–H and O–H groups in total. The van der Waals surface area contributed by atoms with Gasteiger partial charge in [0.2, 0.25) is 0 Å². The van der Waals surface area contributed by atoms with Crippen LogP contribution in [0.1, 0.15) is 26.7 Å². The standard InChI is InChI=1S/C7H14O4/c1-5(8)3-7(2,11)4-6(9)10/h5,8,11H,3-4H2,1-2H3,(H,9,10). The van der Waals surface area contributed by atoms with E-state index in [-0.39, 0.29) is 12.8 Å². The second kappa shape index (κ2) is 3.69. The predicted molar refractivity (Wildman–Crippen MR) is 39.2 cm³/mol. The van der Waals surface area contributed by atoms with Crippen molar-refractivity contribution in [2.45, 2.75) is 38.4 Å². The van der Waals surface area contributed by atoms with Gasteiger partial charge in [0.05, 0.1) is 18.1 Å². The molecule has 0 aromatic heterocycles. The molecule has 11 heavy (non-hydrogen) atoms. The third-order valence-corrected chi connectivity index (χ3v) is 1.27. The maximum atomic E-state index is 10.2. The van der Waals surface area contributed by atoms with E-state index in [4.69, 9.17) is 10.2 Å². The summed E-state index contributed by atoms with van der Waals surface area (Å²) >= 11 is 0. The van der Waals surface area contributed by atoms with Crippen molar-refractivity contribution in [2.75, 3.05) is 0 Å². The Bertz CT molecular complexity index is 139. The molecule has 0 aliphatic heterocycles. The number of aliphatic carboxylic acids is 1. The van der Waals surface area contributed by atoms with Gasteiger partial charge in [-0.2, -0.15) is 0 Å². The summed E-state index contributed by atoms with van der Waals surface area (Å²) in [5, 5.41) is 26.5. The minimum Gasteiger partial charge on any atom is -0.481 e. The van der Waals surface area contributed by atoms with Crippen molar-refractivity contribution >= 4 is 5.97 Å². The molecular weight excluding hydrogens is 148 g/mol. The van der Waals surface area contributed by atoms with E-state index in [0.717, 1.165) is 0 Å². The van der Waals surface area contributed by atoms with Crippen LogP contribution in [0.2, 0.25) is 0 Å². The molecule has 0 spiro atoms. The molecule has 2 unspecified atom stereocenters. The van der Waals surface area contributed by atoms with Crippen molar-refractivity contribution in [1.82, 2.24) is 0 Å². The molecule has 4 nitrogen and oxygen atoms in total. The van der Waals surface area contributed by atoms with Gasteiger partial charge in [0, 0.05) is 6.42 Å². The Labute approximate surface area is 65.5 Å². The van der Waals surface area contributed by atoms with Gasteiger partial charge in [0.15, 0.2) is 0 Å². The highest BCUT2D eigenvalue weighted by atomic mass is 16.4. The second-order valence-corrected chi connectivity index (χ2v) is 3.12. The molecular formula is C7H14O4. The number of carbonyl (C=O) groups is 1. The topological polar surface area (TPSA) is 77.8 Å². The third-order valence-electron chi connectivity index (χ3n) is 1.27. The Morgan fingerprint density at radius 1 is 1.64 bits per heavy atom. The van der Waals surface area contributed by atoms with Gasteiger partial charge < -0.3 is 15.3 Å². The van der Waals surface area contributed by atoms with Crippen molar-refractivity contribution < 1.29 is 20.1 Å². The largest absolute Gasteiger partial charge is 0.481 e. The summed E-state index contributed by atoms with van der Waals surface area (Å²) in [4.78, 5) is 10.2. The van der Waals surface area contributed by atoms with Gasteiger partial charge in [0.25, 0.3) is 0 Å². The lowest BCUT2D eigenvalue weighted by molar-refractivity contribution is -0.142. The van der Waals surface area contributed by atoms with E-state index >= 15 is 0 Å².